The summed E-state index contributed by atoms with van der Waals surface area (Å²) in [5.41, 5.74) is -0.278. The number of carbonyl (C=O) groups is 2. The van der Waals surface area contributed by atoms with Crippen LogP contribution in [0.25, 0.3) is 0 Å². The van der Waals surface area contributed by atoms with Gasteiger partial charge in [0.1, 0.15) is 17.8 Å². The molecule has 2 N–H and O–H groups in total. The van der Waals surface area contributed by atoms with Gasteiger partial charge in [-0.1, -0.05) is 11.6 Å². The van der Waals surface area contributed by atoms with Crippen molar-refractivity contribution >= 4 is 35.1 Å². The monoisotopic (exact) mass is 499 g/mol. The Morgan fingerprint density at radius 3 is 2.56 bits per heavy atom. The normalized spacial score (nSPS) is 20.7. The lowest BCUT2D eigenvalue weighted by atomic mass is 10.0. The van der Waals surface area contributed by atoms with Crippen LogP contribution >= 0.6 is 11.6 Å². The molecule has 0 spiro atoms. The van der Waals surface area contributed by atoms with Crippen LogP contribution < -0.4 is 15.5 Å². The van der Waals surface area contributed by atoms with Gasteiger partial charge in [0, 0.05) is 36.5 Å². The largest absolute Gasteiger partial charge is 0.417 e. The number of piperidine rings is 1. The molecule has 7 nitrogen and oxygen atoms in total. The van der Waals surface area contributed by atoms with E-state index in [-0.39, 0.29) is 53.6 Å². The number of nitrogens with zero attached hydrogens (tertiary/aromatic N) is 3. The van der Waals surface area contributed by atoms with Crippen molar-refractivity contribution in [3.63, 3.8) is 0 Å². The third-order valence-electron chi connectivity index (χ3n) is 5.71. The van der Waals surface area contributed by atoms with Crippen LogP contribution in [0.1, 0.15) is 40.9 Å². The number of nitrogens with one attached hydrogen (secondary N) is 2. The smallest absolute Gasteiger partial charge is 0.353 e. The highest BCUT2D eigenvalue weighted by atomic mass is 35.5. The lowest BCUT2D eigenvalue weighted by Gasteiger charge is -2.36. The predicted octanol–water partition coefficient (Wildman–Crippen LogP) is 4.15. The summed E-state index contributed by atoms with van der Waals surface area (Å²) in [7, 11) is 0. The molecule has 2 atom stereocenters. The lowest BCUT2D eigenvalue weighted by Crippen LogP contribution is -2.54. The average Bonchev–Trinajstić information content (AvgIpc) is 3.60. The number of hydrogen-bond acceptors (Lipinski definition) is 5. The first-order chi connectivity index (χ1) is 16.0. The number of halogens is 5. The second-order valence-electron chi connectivity index (χ2n) is 8.50. The van der Waals surface area contributed by atoms with Crippen molar-refractivity contribution in [1.29, 1.82) is 0 Å². The molecule has 12 heteroatoms. The number of rotatable bonds is 5. The molecule has 2 aliphatic rings. The fourth-order valence-electron chi connectivity index (χ4n) is 3.76. The Bertz CT molecular complexity index is 1110. The Balaban J connectivity index is 1.46. The quantitative estimate of drug-likeness (QED) is 0.603. The van der Waals surface area contributed by atoms with Crippen LogP contribution in [-0.2, 0) is 11.0 Å². The minimum absolute atomic E-state index is 0.0275. The maximum absolute atomic E-state index is 14.6. The average molecular weight is 500 g/mol. The van der Waals surface area contributed by atoms with Crippen molar-refractivity contribution in [2.75, 3.05) is 23.3 Å². The van der Waals surface area contributed by atoms with Crippen LogP contribution in [0.4, 0.5) is 29.2 Å². The minimum Gasteiger partial charge on any atom is -0.353 e. The fraction of sp³-hybridized carbons (Fsp3) is 0.455. The summed E-state index contributed by atoms with van der Waals surface area (Å²) in [6.07, 6.45) is -3.62. The first-order valence-electron chi connectivity index (χ1n) is 10.7. The standard InChI is InChI=1S/C22H22ClF4N5O2/c1-11-6-13(7-18(29-11)31-20(33)12-2-3-12)21(34)30-17-10-32(5-4-16(17)24)19-15(23)8-14(9-28-19)22(25,26)27/h6-9,12,16-17H,2-5,10H2,1H3,(H,30,34)(H,29,31,33)/t16-,17+/m1/s1. The zero-order valence-electron chi connectivity index (χ0n) is 18.1. The molecule has 1 aliphatic carbocycles. The van der Waals surface area contributed by atoms with Gasteiger partial charge in [-0.2, -0.15) is 13.2 Å². The Kier molecular flexibility index (Phi) is 6.66. The molecule has 2 aromatic rings. The van der Waals surface area contributed by atoms with Gasteiger partial charge in [-0.05, 0) is 44.4 Å². The number of alkyl halides is 4. The molecule has 0 aromatic carbocycles. The molecule has 0 bridgehead atoms. The van der Waals surface area contributed by atoms with Gasteiger partial charge in [-0.15, -0.1) is 0 Å². The number of anilines is 2. The van der Waals surface area contributed by atoms with Crippen molar-refractivity contribution in [1.82, 2.24) is 15.3 Å². The lowest BCUT2D eigenvalue weighted by molar-refractivity contribution is -0.137. The minimum atomic E-state index is -4.59. The second-order valence-corrected chi connectivity index (χ2v) is 8.91. The molecule has 0 radical (unpaired) electrons. The third-order valence-corrected chi connectivity index (χ3v) is 5.99. The number of pyridine rings is 2. The van der Waals surface area contributed by atoms with Crippen molar-refractivity contribution in [3.8, 4) is 0 Å². The third kappa shape index (κ3) is 5.57. The van der Waals surface area contributed by atoms with Crippen molar-refractivity contribution in [2.45, 2.75) is 44.6 Å². The second kappa shape index (κ2) is 9.36. The molecule has 0 unspecified atom stereocenters. The van der Waals surface area contributed by atoms with E-state index in [1.807, 2.05) is 0 Å². The van der Waals surface area contributed by atoms with Gasteiger partial charge in [0.05, 0.1) is 16.6 Å². The zero-order chi connectivity index (χ0) is 24.6. The van der Waals surface area contributed by atoms with Gasteiger partial charge >= 0.3 is 6.18 Å². The van der Waals surface area contributed by atoms with Crippen molar-refractivity contribution in [3.05, 3.63) is 46.2 Å². The number of hydrogen-bond donors (Lipinski definition) is 2. The van der Waals surface area contributed by atoms with Gasteiger partial charge in [-0.25, -0.2) is 14.4 Å². The Labute approximate surface area is 197 Å². The summed E-state index contributed by atoms with van der Waals surface area (Å²) in [5.74, 6) is -0.424. The van der Waals surface area contributed by atoms with Crippen LogP contribution in [0.3, 0.4) is 0 Å². The maximum atomic E-state index is 14.6. The van der Waals surface area contributed by atoms with Gasteiger partial charge in [0.2, 0.25) is 5.91 Å². The molecule has 2 aromatic heterocycles. The SMILES string of the molecule is Cc1cc(C(=O)N[C@H]2CN(c3ncc(C(F)(F)F)cc3Cl)CC[C@H]2F)cc(NC(=O)C2CC2)n1. The Morgan fingerprint density at radius 1 is 1.18 bits per heavy atom. The topological polar surface area (TPSA) is 87.2 Å². The van der Waals surface area contributed by atoms with Crippen molar-refractivity contribution < 1.29 is 27.2 Å². The van der Waals surface area contributed by atoms with Crippen LogP contribution in [-0.4, -0.2) is 47.1 Å². The van der Waals surface area contributed by atoms with E-state index in [2.05, 4.69) is 20.6 Å². The fourth-order valence-corrected chi connectivity index (χ4v) is 4.05. The molecule has 4 rings (SSSR count). The van der Waals surface area contributed by atoms with Crippen LogP contribution in [0.2, 0.25) is 5.02 Å². The number of aromatic nitrogens is 2. The van der Waals surface area contributed by atoms with Gasteiger partial charge < -0.3 is 15.5 Å². The van der Waals surface area contributed by atoms with Crippen LogP contribution in [0.5, 0.6) is 0 Å². The summed E-state index contributed by atoms with van der Waals surface area (Å²) in [4.78, 5) is 34.5. The zero-order valence-corrected chi connectivity index (χ0v) is 18.9. The van der Waals surface area contributed by atoms with E-state index in [9.17, 15) is 27.2 Å². The molecule has 1 aliphatic heterocycles. The molecule has 2 amide bonds. The van der Waals surface area contributed by atoms with Crippen molar-refractivity contribution in [2.24, 2.45) is 5.92 Å². The molecule has 1 saturated heterocycles. The first-order valence-corrected chi connectivity index (χ1v) is 11.1. The molecule has 3 heterocycles. The van der Waals surface area contributed by atoms with Gasteiger partial charge in [0.15, 0.2) is 0 Å². The van der Waals surface area contributed by atoms with Crippen LogP contribution in [0, 0.1) is 12.8 Å². The molecule has 1 saturated carbocycles. The molecule has 182 valence electrons. The van der Waals surface area contributed by atoms with E-state index < -0.39 is 29.9 Å². The van der Waals surface area contributed by atoms with E-state index in [0.29, 0.717) is 11.9 Å². The van der Waals surface area contributed by atoms with E-state index in [0.717, 1.165) is 18.9 Å². The number of carbonyl (C=O) groups excluding carboxylic acids is 2. The summed E-state index contributed by atoms with van der Waals surface area (Å²) >= 11 is 6.03. The van der Waals surface area contributed by atoms with E-state index in [1.165, 1.54) is 12.1 Å². The molecular formula is C22H22ClF4N5O2. The Morgan fingerprint density at radius 2 is 1.91 bits per heavy atom. The molecular weight excluding hydrogens is 478 g/mol. The van der Waals surface area contributed by atoms with E-state index in [4.69, 9.17) is 11.6 Å². The number of aryl methyl sites for hydroxylation is 1. The summed E-state index contributed by atoms with van der Waals surface area (Å²) in [5, 5.41) is 5.11. The van der Waals surface area contributed by atoms with E-state index in [1.54, 1.807) is 11.8 Å². The predicted molar refractivity (Wildman–Crippen MR) is 118 cm³/mol. The van der Waals surface area contributed by atoms with Gasteiger partial charge in [-0.3, -0.25) is 9.59 Å². The highest BCUT2D eigenvalue weighted by Gasteiger charge is 2.35. The first kappa shape index (κ1) is 24.2. The van der Waals surface area contributed by atoms with E-state index >= 15 is 0 Å². The molecule has 34 heavy (non-hydrogen) atoms. The summed E-state index contributed by atoms with van der Waals surface area (Å²) in [6.45, 7) is 1.82. The van der Waals surface area contributed by atoms with Gasteiger partial charge in [0.25, 0.3) is 5.91 Å². The summed E-state index contributed by atoms with van der Waals surface area (Å²) < 4.78 is 53.3. The van der Waals surface area contributed by atoms with Crippen LogP contribution in [0.15, 0.2) is 24.4 Å². The summed E-state index contributed by atoms with van der Waals surface area (Å²) in [6, 6.07) is 2.77. The highest BCUT2D eigenvalue weighted by molar-refractivity contribution is 6.33. The maximum Gasteiger partial charge on any atom is 0.417 e. The molecule has 2 fully saturated rings. The highest BCUT2D eigenvalue weighted by Crippen LogP contribution is 2.34. The number of amides is 2. The Hall–Kier alpha value is -2.95.